The van der Waals surface area contributed by atoms with Crippen LogP contribution in [0.2, 0.25) is 0 Å². The molecule has 6 nitrogen and oxygen atoms in total. The van der Waals surface area contributed by atoms with E-state index in [0.29, 0.717) is 23.8 Å². The predicted octanol–water partition coefficient (Wildman–Crippen LogP) is 3.99. The lowest BCUT2D eigenvalue weighted by molar-refractivity contribution is 0.0653. The Balaban J connectivity index is 1.80. The molecule has 1 aromatic carbocycles. The molecule has 0 spiro atoms. The molecule has 0 fully saturated rings. The lowest BCUT2D eigenvalue weighted by Gasteiger charge is -2.24. The van der Waals surface area contributed by atoms with Crippen molar-refractivity contribution >= 4 is 5.91 Å². The second-order valence-electron chi connectivity index (χ2n) is 5.92. The van der Waals surface area contributed by atoms with Gasteiger partial charge in [-0.1, -0.05) is 17.3 Å². The summed E-state index contributed by atoms with van der Waals surface area (Å²) >= 11 is 0. The van der Waals surface area contributed by atoms with E-state index >= 15 is 0 Å². The molecule has 1 amide bonds. The molecule has 0 unspecified atom stereocenters. The van der Waals surface area contributed by atoms with Crippen LogP contribution in [-0.4, -0.2) is 29.1 Å². The first-order chi connectivity index (χ1) is 12.1. The number of aromatic nitrogens is 1. The highest BCUT2D eigenvalue weighted by Gasteiger charge is 2.22. The van der Waals surface area contributed by atoms with E-state index in [2.05, 4.69) is 5.16 Å². The second-order valence-corrected chi connectivity index (χ2v) is 5.92. The lowest BCUT2D eigenvalue weighted by Crippen LogP contribution is -2.36. The van der Waals surface area contributed by atoms with E-state index in [4.69, 9.17) is 13.7 Å². The molecule has 0 aliphatic carbocycles. The fourth-order valence-corrected chi connectivity index (χ4v) is 2.50. The van der Waals surface area contributed by atoms with Crippen LogP contribution >= 0.6 is 0 Å². The van der Waals surface area contributed by atoms with Gasteiger partial charge in [-0.15, -0.1) is 0 Å². The highest BCUT2D eigenvalue weighted by molar-refractivity contribution is 5.91. The van der Waals surface area contributed by atoms with Crippen LogP contribution in [-0.2, 0) is 6.54 Å². The first-order valence-electron chi connectivity index (χ1n) is 8.03. The van der Waals surface area contributed by atoms with Crippen molar-refractivity contribution in [1.29, 1.82) is 0 Å². The predicted molar refractivity (Wildman–Crippen MR) is 92.2 cm³/mol. The summed E-state index contributed by atoms with van der Waals surface area (Å²) in [5.74, 6) is 1.51. The van der Waals surface area contributed by atoms with Crippen molar-refractivity contribution in [2.24, 2.45) is 0 Å². The summed E-state index contributed by atoms with van der Waals surface area (Å²) in [7, 11) is 1.62. The van der Waals surface area contributed by atoms with Crippen LogP contribution in [0.25, 0.3) is 11.3 Å². The fourth-order valence-electron chi connectivity index (χ4n) is 2.50. The molecule has 6 heteroatoms. The Morgan fingerprint density at radius 3 is 2.76 bits per heavy atom. The van der Waals surface area contributed by atoms with Gasteiger partial charge in [0.25, 0.3) is 5.91 Å². The van der Waals surface area contributed by atoms with E-state index in [-0.39, 0.29) is 11.9 Å². The van der Waals surface area contributed by atoms with Crippen molar-refractivity contribution in [3.63, 3.8) is 0 Å². The Hall–Kier alpha value is -3.02. The summed E-state index contributed by atoms with van der Waals surface area (Å²) < 4.78 is 15.9. The van der Waals surface area contributed by atoms with Gasteiger partial charge in [0.1, 0.15) is 11.4 Å². The molecule has 0 atom stereocenters. The highest BCUT2D eigenvalue weighted by Crippen LogP contribution is 2.25. The number of methoxy groups -OCH3 is 1. The van der Waals surface area contributed by atoms with Gasteiger partial charge < -0.3 is 18.6 Å². The van der Waals surface area contributed by atoms with Crippen LogP contribution in [0.15, 0.2) is 57.7 Å². The molecule has 0 saturated carbocycles. The normalized spacial score (nSPS) is 10.9. The lowest BCUT2D eigenvalue weighted by atomic mass is 10.1. The Kier molecular flexibility index (Phi) is 4.88. The minimum Gasteiger partial charge on any atom is -0.497 e. The average Bonchev–Trinajstić information content (AvgIpc) is 3.30. The number of furan rings is 1. The average molecular weight is 340 g/mol. The van der Waals surface area contributed by atoms with E-state index < -0.39 is 0 Å². The topological polar surface area (TPSA) is 68.7 Å². The molecule has 2 aromatic heterocycles. The minimum atomic E-state index is -0.175. The summed E-state index contributed by atoms with van der Waals surface area (Å²) in [6.45, 7) is 4.23. The molecule has 130 valence electrons. The Bertz CT molecular complexity index is 837. The van der Waals surface area contributed by atoms with Gasteiger partial charge in [-0.05, 0) is 38.1 Å². The quantitative estimate of drug-likeness (QED) is 0.678. The molecular formula is C19H20N2O4. The zero-order valence-corrected chi connectivity index (χ0v) is 14.4. The van der Waals surface area contributed by atoms with Crippen molar-refractivity contribution in [3.8, 4) is 17.1 Å². The van der Waals surface area contributed by atoms with Crippen molar-refractivity contribution < 1.29 is 18.5 Å². The second kappa shape index (κ2) is 7.25. The molecule has 0 N–H and O–H groups in total. The maximum absolute atomic E-state index is 12.6. The van der Waals surface area contributed by atoms with Crippen LogP contribution in [0.3, 0.4) is 0 Å². The SMILES string of the molecule is COc1cccc(-c2cc(CN(C(=O)c3ccco3)C(C)C)no2)c1. The van der Waals surface area contributed by atoms with E-state index in [9.17, 15) is 4.79 Å². The van der Waals surface area contributed by atoms with Gasteiger partial charge >= 0.3 is 0 Å². The third-order valence-electron chi connectivity index (χ3n) is 3.86. The molecule has 2 heterocycles. The smallest absolute Gasteiger partial charge is 0.290 e. The van der Waals surface area contributed by atoms with Crippen LogP contribution in [0.1, 0.15) is 30.1 Å². The number of rotatable bonds is 6. The number of amides is 1. The molecule has 0 saturated heterocycles. The van der Waals surface area contributed by atoms with Crippen molar-refractivity contribution in [1.82, 2.24) is 10.1 Å². The van der Waals surface area contributed by atoms with Crippen LogP contribution in [0.5, 0.6) is 5.75 Å². The Morgan fingerprint density at radius 2 is 2.08 bits per heavy atom. The summed E-state index contributed by atoms with van der Waals surface area (Å²) in [4.78, 5) is 14.3. The van der Waals surface area contributed by atoms with Gasteiger partial charge in [0, 0.05) is 17.7 Å². The van der Waals surface area contributed by atoms with Gasteiger partial charge in [0.05, 0.1) is 19.9 Å². The van der Waals surface area contributed by atoms with Gasteiger partial charge in [-0.3, -0.25) is 4.79 Å². The van der Waals surface area contributed by atoms with Crippen LogP contribution < -0.4 is 4.74 Å². The molecule has 0 radical (unpaired) electrons. The minimum absolute atomic E-state index is 0.00503. The third-order valence-corrected chi connectivity index (χ3v) is 3.86. The molecular weight excluding hydrogens is 320 g/mol. The first kappa shape index (κ1) is 16.8. The van der Waals surface area contributed by atoms with Crippen molar-refractivity contribution in [2.75, 3.05) is 7.11 Å². The number of nitrogens with zero attached hydrogens (tertiary/aromatic N) is 2. The van der Waals surface area contributed by atoms with E-state index in [0.717, 1.165) is 11.3 Å². The van der Waals surface area contributed by atoms with Crippen LogP contribution in [0, 0.1) is 0 Å². The molecule has 25 heavy (non-hydrogen) atoms. The summed E-state index contributed by atoms with van der Waals surface area (Å²) in [6, 6.07) is 12.7. The monoisotopic (exact) mass is 340 g/mol. The third kappa shape index (κ3) is 3.74. The molecule has 0 aliphatic heterocycles. The number of hydrogen-bond donors (Lipinski definition) is 0. The van der Waals surface area contributed by atoms with Crippen LogP contribution in [0.4, 0.5) is 0 Å². The summed E-state index contributed by atoms with van der Waals surface area (Å²) in [5.41, 5.74) is 1.54. The number of carbonyl (C=O) groups excluding carboxylic acids is 1. The van der Waals surface area contributed by atoms with Crippen molar-refractivity contribution in [3.05, 3.63) is 60.2 Å². The number of hydrogen-bond acceptors (Lipinski definition) is 5. The first-order valence-corrected chi connectivity index (χ1v) is 8.03. The number of ether oxygens (including phenoxy) is 1. The zero-order valence-electron chi connectivity index (χ0n) is 14.4. The maximum Gasteiger partial charge on any atom is 0.290 e. The molecule has 3 rings (SSSR count). The fraction of sp³-hybridized carbons (Fsp3) is 0.263. The summed E-state index contributed by atoms with van der Waals surface area (Å²) in [6.07, 6.45) is 1.49. The zero-order chi connectivity index (χ0) is 17.8. The number of carbonyl (C=O) groups is 1. The standard InChI is InChI=1S/C19H20N2O4/c1-13(2)21(19(22)17-8-5-9-24-17)12-15-11-18(25-20-15)14-6-4-7-16(10-14)23-3/h4-11,13H,12H2,1-3H3. The van der Waals surface area contributed by atoms with Gasteiger partial charge in [0.15, 0.2) is 11.5 Å². The summed E-state index contributed by atoms with van der Waals surface area (Å²) in [5, 5.41) is 4.09. The Labute approximate surface area is 146 Å². The molecule has 0 aliphatic rings. The molecule has 0 bridgehead atoms. The van der Waals surface area contributed by atoms with E-state index in [1.807, 2.05) is 44.2 Å². The molecule has 3 aromatic rings. The van der Waals surface area contributed by atoms with Gasteiger partial charge in [-0.25, -0.2) is 0 Å². The number of benzene rings is 1. The largest absolute Gasteiger partial charge is 0.497 e. The maximum atomic E-state index is 12.6. The van der Waals surface area contributed by atoms with Gasteiger partial charge in [-0.2, -0.15) is 0 Å². The van der Waals surface area contributed by atoms with E-state index in [1.54, 1.807) is 24.1 Å². The highest BCUT2D eigenvalue weighted by atomic mass is 16.5. The Morgan fingerprint density at radius 1 is 1.24 bits per heavy atom. The van der Waals surface area contributed by atoms with Gasteiger partial charge in [0.2, 0.25) is 0 Å². The van der Waals surface area contributed by atoms with E-state index in [1.165, 1.54) is 6.26 Å². The van der Waals surface area contributed by atoms with Crippen molar-refractivity contribution in [2.45, 2.75) is 26.4 Å².